The summed E-state index contributed by atoms with van der Waals surface area (Å²) in [5, 5.41) is 6.62. The minimum atomic E-state index is -0.0785. The Labute approximate surface area is 203 Å². The minimum Gasteiger partial charge on any atom is -0.366 e. The smallest absolute Gasteiger partial charge is 0.317 e. The zero-order valence-electron chi connectivity index (χ0n) is 21.3. The zero-order valence-corrected chi connectivity index (χ0v) is 21.3. The van der Waals surface area contributed by atoms with Crippen LogP contribution in [0.5, 0.6) is 0 Å². The SMILES string of the molecule is BC1(BC(CCCC)CCCNC(=O)N2CC[C@H]3OCC(=O)N[C@@H]3C2)CCCCCCCC1. The first-order valence-corrected chi connectivity index (χ1v) is 13.9. The van der Waals surface area contributed by atoms with Crippen molar-refractivity contribution in [2.24, 2.45) is 0 Å². The number of morpholine rings is 1. The third-order valence-electron chi connectivity index (χ3n) is 8.23. The lowest BCUT2D eigenvalue weighted by Gasteiger charge is -2.41. The second-order valence-electron chi connectivity index (χ2n) is 11.3. The van der Waals surface area contributed by atoms with Crippen LogP contribution in [0, 0.1) is 0 Å². The van der Waals surface area contributed by atoms with Gasteiger partial charge in [0, 0.05) is 19.6 Å². The monoisotopic (exact) mass is 459 g/mol. The lowest BCUT2D eigenvalue weighted by molar-refractivity contribution is -0.139. The highest BCUT2D eigenvalue weighted by atomic mass is 16.5. The summed E-state index contributed by atoms with van der Waals surface area (Å²) in [5.74, 6) is 0.697. The quantitative estimate of drug-likeness (QED) is 0.411. The number of nitrogens with zero attached hydrogens (tertiary/aromatic N) is 1. The van der Waals surface area contributed by atoms with Gasteiger partial charge in [-0.25, -0.2) is 4.79 Å². The molecule has 0 bridgehead atoms. The number of amides is 3. The molecular formula is C25H47B2N3O3. The highest BCUT2D eigenvalue weighted by Crippen LogP contribution is 2.40. The van der Waals surface area contributed by atoms with Gasteiger partial charge < -0.3 is 20.3 Å². The van der Waals surface area contributed by atoms with Gasteiger partial charge in [-0.3, -0.25) is 4.79 Å². The molecule has 3 atom stereocenters. The van der Waals surface area contributed by atoms with Crippen molar-refractivity contribution in [3.05, 3.63) is 0 Å². The average Bonchev–Trinajstić information content (AvgIpc) is 2.91. The summed E-state index contributed by atoms with van der Waals surface area (Å²) in [6.07, 6.45) is 18.3. The highest BCUT2D eigenvalue weighted by molar-refractivity contribution is 6.55. The van der Waals surface area contributed by atoms with Crippen molar-refractivity contribution in [3.8, 4) is 0 Å². The third kappa shape index (κ3) is 8.84. The zero-order chi connectivity index (χ0) is 23.5. The Balaban J connectivity index is 1.41. The number of hydrogen-bond donors (Lipinski definition) is 2. The standard InChI is InChI=1S/C25H47B2N3O3/c1-2-3-11-20(27-25(26)14-8-6-4-5-7-9-15-25)12-10-16-28-24(32)30-17-13-22-21(18-30)29-23(31)19-33-22/h20-22,27H,2-19,26H2,1H3,(H,28,32)(H,29,31)/t20?,21-,22-/m1/s1. The molecule has 186 valence electrons. The van der Waals surface area contributed by atoms with Crippen LogP contribution in [0.4, 0.5) is 4.79 Å². The summed E-state index contributed by atoms with van der Waals surface area (Å²) < 4.78 is 5.60. The predicted molar refractivity (Wildman–Crippen MR) is 139 cm³/mol. The fraction of sp³-hybridized carbons (Fsp3) is 0.920. The fourth-order valence-corrected chi connectivity index (χ4v) is 6.26. The molecule has 2 N–H and O–H groups in total. The molecule has 0 aromatic carbocycles. The number of unbranched alkanes of at least 4 members (excludes halogenated alkanes) is 1. The summed E-state index contributed by atoms with van der Waals surface area (Å²) in [5.41, 5.74) is 0. The molecule has 2 aliphatic heterocycles. The Bertz CT molecular complexity index is 612. The number of urea groups is 1. The van der Waals surface area contributed by atoms with Gasteiger partial charge in [-0.2, -0.15) is 0 Å². The molecular weight excluding hydrogens is 412 g/mol. The lowest BCUT2D eigenvalue weighted by Crippen LogP contribution is -2.62. The van der Waals surface area contributed by atoms with Gasteiger partial charge >= 0.3 is 6.03 Å². The summed E-state index contributed by atoms with van der Waals surface area (Å²) in [6.45, 7) is 4.42. The van der Waals surface area contributed by atoms with Crippen molar-refractivity contribution in [1.29, 1.82) is 0 Å². The molecule has 3 amide bonds. The predicted octanol–water partition coefficient (Wildman–Crippen LogP) is 3.36. The van der Waals surface area contributed by atoms with Crippen LogP contribution in [-0.4, -0.2) is 70.4 Å². The van der Waals surface area contributed by atoms with Crippen LogP contribution in [0.1, 0.15) is 96.8 Å². The fourth-order valence-electron chi connectivity index (χ4n) is 6.26. The van der Waals surface area contributed by atoms with Gasteiger partial charge in [-0.1, -0.05) is 95.0 Å². The number of piperidine rings is 1. The van der Waals surface area contributed by atoms with Crippen LogP contribution < -0.4 is 10.6 Å². The van der Waals surface area contributed by atoms with Gasteiger partial charge in [-0.05, 0) is 12.8 Å². The Morgan fingerprint density at radius 3 is 2.64 bits per heavy atom. The first-order chi connectivity index (χ1) is 16.0. The van der Waals surface area contributed by atoms with Crippen LogP contribution in [0.15, 0.2) is 0 Å². The van der Waals surface area contributed by atoms with Gasteiger partial charge in [-0.15, -0.1) is 0 Å². The second kappa shape index (κ2) is 13.7. The Kier molecular flexibility index (Phi) is 10.9. The number of carbonyl (C=O) groups excluding carboxylic acids is 2. The largest absolute Gasteiger partial charge is 0.366 e. The number of rotatable bonds is 9. The molecule has 0 aromatic rings. The van der Waals surface area contributed by atoms with E-state index in [-0.39, 0.29) is 30.7 Å². The van der Waals surface area contributed by atoms with E-state index in [0.717, 1.165) is 25.2 Å². The van der Waals surface area contributed by atoms with Crippen molar-refractivity contribution in [2.45, 2.75) is 120 Å². The van der Waals surface area contributed by atoms with E-state index in [1.54, 1.807) is 0 Å². The van der Waals surface area contributed by atoms with E-state index in [9.17, 15) is 9.59 Å². The summed E-state index contributed by atoms with van der Waals surface area (Å²) >= 11 is 0. The number of carbonyl (C=O) groups is 2. The number of nitrogens with one attached hydrogen (secondary N) is 2. The van der Waals surface area contributed by atoms with E-state index in [1.165, 1.54) is 84.3 Å². The molecule has 1 saturated carbocycles. The molecule has 3 fully saturated rings. The van der Waals surface area contributed by atoms with Crippen molar-refractivity contribution < 1.29 is 14.3 Å². The first kappa shape index (κ1) is 26.4. The molecule has 33 heavy (non-hydrogen) atoms. The maximum absolute atomic E-state index is 12.7. The van der Waals surface area contributed by atoms with Crippen LogP contribution in [0.3, 0.4) is 0 Å². The molecule has 8 heteroatoms. The maximum Gasteiger partial charge on any atom is 0.317 e. The highest BCUT2D eigenvalue weighted by Gasteiger charge is 2.36. The minimum absolute atomic E-state index is 0.00149. The van der Waals surface area contributed by atoms with E-state index in [4.69, 9.17) is 4.74 Å². The van der Waals surface area contributed by atoms with Gasteiger partial charge in [0.25, 0.3) is 0 Å². The van der Waals surface area contributed by atoms with Gasteiger partial charge in [0.15, 0.2) is 0 Å². The average molecular weight is 459 g/mol. The number of ether oxygens (including phenoxy) is 1. The van der Waals surface area contributed by atoms with Gasteiger partial charge in [0.05, 0.1) is 20.0 Å². The van der Waals surface area contributed by atoms with E-state index in [2.05, 4.69) is 25.4 Å². The van der Waals surface area contributed by atoms with Crippen molar-refractivity contribution in [1.82, 2.24) is 15.5 Å². The molecule has 3 aliphatic rings. The van der Waals surface area contributed by atoms with Crippen LogP contribution in [-0.2, 0) is 9.53 Å². The molecule has 2 saturated heterocycles. The Morgan fingerprint density at radius 2 is 1.91 bits per heavy atom. The first-order valence-electron chi connectivity index (χ1n) is 13.9. The van der Waals surface area contributed by atoms with E-state index in [1.807, 2.05) is 4.90 Å². The van der Waals surface area contributed by atoms with Crippen LogP contribution in [0.25, 0.3) is 0 Å². The molecule has 3 rings (SSSR count). The number of likely N-dealkylation sites (tertiary alicyclic amines) is 1. The van der Waals surface area contributed by atoms with Crippen molar-refractivity contribution >= 4 is 27.1 Å². The Morgan fingerprint density at radius 1 is 1.21 bits per heavy atom. The summed E-state index contributed by atoms with van der Waals surface area (Å²) in [6, 6.07) is -0.0699. The molecule has 1 unspecified atom stereocenters. The Hall–Kier alpha value is -1.17. The van der Waals surface area contributed by atoms with Crippen LogP contribution >= 0.6 is 0 Å². The lowest BCUT2D eigenvalue weighted by atomic mass is 9.34. The van der Waals surface area contributed by atoms with Crippen LogP contribution in [0.2, 0.25) is 11.0 Å². The molecule has 2 heterocycles. The van der Waals surface area contributed by atoms with Gasteiger partial charge in [0.2, 0.25) is 5.91 Å². The molecule has 6 nitrogen and oxygen atoms in total. The van der Waals surface area contributed by atoms with Crippen molar-refractivity contribution in [2.75, 3.05) is 26.2 Å². The van der Waals surface area contributed by atoms with Gasteiger partial charge in [0.1, 0.15) is 13.9 Å². The topological polar surface area (TPSA) is 70.7 Å². The van der Waals surface area contributed by atoms with E-state index in [0.29, 0.717) is 18.3 Å². The molecule has 0 spiro atoms. The molecule has 0 radical (unpaired) electrons. The number of fused-ring (bicyclic) bond motifs is 1. The third-order valence-corrected chi connectivity index (χ3v) is 8.23. The second-order valence-corrected chi connectivity index (χ2v) is 11.3. The van der Waals surface area contributed by atoms with E-state index < -0.39 is 0 Å². The number of hydrogen-bond acceptors (Lipinski definition) is 3. The molecule has 1 aliphatic carbocycles. The molecule has 0 aromatic heterocycles. The maximum atomic E-state index is 12.7. The summed E-state index contributed by atoms with van der Waals surface area (Å²) in [7, 11) is 3.91. The van der Waals surface area contributed by atoms with Crippen molar-refractivity contribution in [3.63, 3.8) is 0 Å². The van der Waals surface area contributed by atoms with E-state index >= 15 is 0 Å². The summed E-state index contributed by atoms with van der Waals surface area (Å²) in [4.78, 5) is 26.1. The normalized spacial score (nSPS) is 26.7.